The van der Waals surface area contributed by atoms with E-state index in [-0.39, 0.29) is 17.2 Å². The molecule has 1 aromatic rings. The molecule has 1 N–H and O–H groups in total. The molecule has 7 nitrogen and oxygen atoms in total. The second-order valence-electron chi connectivity index (χ2n) is 8.86. The molecule has 2 saturated carbocycles. The number of hydrogen-bond donors (Lipinski definition) is 1. The summed E-state index contributed by atoms with van der Waals surface area (Å²) in [5.74, 6) is 0.875. The van der Waals surface area contributed by atoms with Crippen molar-refractivity contribution in [3.05, 3.63) is 18.1 Å². The molecular formula is C20H26N4O3. The summed E-state index contributed by atoms with van der Waals surface area (Å²) in [5.41, 5.74) is 1.09. The van der Waals surface area contributed by atoms with E-state index in [0.717, 1.165) is 50.3 Å². The normalized spacial score (nSPS) is 27.2. The zero-order chi connectivity index (χ0) is 18.6. The van der Waals surface area contributed by atoms with Gasteiger partial charge >= 0.3 is 5.97 Å². The smallest absolute Gasteiger partial charge is 0.326 e. The molecule has 4 fully saturated rings. The van der Waals surface area contributed by atoms with Crippen LogP contribution < -0.4 is 4.90 Å². The number of aliphatic carboxylic acids is 1. The molecule has 1 aromatic heterocycles. The lowest BCUT2D eigenvalue weighted by atomic mass is 9.76. The third-order valence-corrected chi connectivity index (χ3v) is 6.82. The van der Waals surface area contributed by atoms with Gasteiger partial charge in [0, 0.05) is 43.2 Å². The van der Waals surface area contributed by atoms with Crippen LogP contribution in [0.4, 0.5) is 5.82 Å². The molecule has 0 unspecified atom stereocenters. The van der Waals surface area contributed by atoms with E-state index in [1.165, 1.54) is 12.8 Å². The van der Waals surface area contributed by atoms with E-state index in [0.29, 0.717) is 18.9 Å². The van der Waals surface area contributed by atoms with Crippen molar-refractivity contribution in [2.75, 3.05) is 24.5 Å². The fourth-order valence-corrected chi connectivity index (χ4v) is 4.78. The average Bonchev–Trinajstić information content (AvgIpc) is 3.58. The van der Waals surface area contributed by atoms with Crippen LogP contribution >= 0.6 is 0 Å². The Bertz CT molecular complexity index is 766. The van der Waals surface area contributed by atoms with E-state index < -0.39 is 12.0 Å². The SMILES string of the molecule is O=C(O)[C@@H]1CC2(CCN(c3cc(C4CC4)ncn3)CC2)CN1C(=O)C1CC1. The number of anilines is 1. The molecule has 1 amide bonds. The van der Waals surface area contributed by atoms with Crippen molar-refractivity contribution < 1.29 is 14.7 Å². The Morgan fingerprint density at radius 1 is 1.11 bits per heavy atom. The maximum absolute atomic E-state index is 12.6. The highest BCUT2D eigenvalue weighted by atomic mass is 16.4. The largest absolute Gasteiger partial charge is 0.480 e. The summed E-state index contributed by atoms with van der Waals surface area (Å²) in [6.07, 6.45) is 8.36. The minimum Gasteiger partial charge on any atom is -0.480 e. The van der Waals surface area contributed by atoms with Gasteiger partial charge in [0.25, 0.3) is 0 Å². The second-order valence-corrected chi connectivity index (χ2v) is 8.86. The van der Waals surface area contributed by atoms with Gasteiger partial charge in [0.05, 0.1) is 0 Å². The summed E-state index contributed by atoms with van der Waals surface area (Å²) < 4.78 is 0. The molecule has 2 saturated heterocycles. The zero-order valence-corrected chi connectivity index (χ0v) is 15.5. The lowest BCUT2D eigenvalue weighted by Gasteiger charge is -2.39. The van der Waals surface area contributed by atoms with Gasteiger partial charge in [-0.05, 0) is 50.4 Å². The first-order chi connectivity index (χ1) is 13.0. The van der Waals surface area contributed by atoms with Gasteiger partial charge in [-0.3, -0.25) is 4.79 Å². The van der Waals surface area contributed by atoms with Crippen molar-refractivity contribution in [1.82, 2.24) is 14.9 Å². The number of aromatic nitrogens is 2. The molecule has 5 rings (SSSR count). The van der Waals surface area contributed by atoms with Gasteiger partial charge in [0.15, 0.2) is 0 Å². The Kier molecular flexibility index (Phi) is 3.88. The maximum atomic E-state index is 12.6. The van der Waals surface area contributed by atoms with Crippen molar-refractivity contribution >= 4 is 17.7 Å². The summed E-state index contributed by atoms with van der Waals surface area (Å²) >= 11 is 0. The molecule has 144 valence electrons. The van der Waals surface area contributed by atoms with Crippen LogP contribution in [-0.2, 0) is 9.59 Å². The molecule has 2 aliphatic heterocycles. The third-order valence-electron chi connectivity index (χ3n) is 6.82. The molecule has 3 heterocycles. The summed E-state index contributed by atoms with van der Waals surface area (Å²) in [7, 11) is 0. The van der Waals surface area contributed by atoms with Gasteiger partial charge in [-0.2, -0.15) is 0 Å². The van der Waals surface area contributed by atoms with Crippen LogP contribution in [0, 0.1) is 11.3 Å². The number of carbonyl (C=O) groups excluding carboxylic acids is 1. The highest BCUT2D eigenvalue weighted by Crippen LogP contribution is 2.46. The first kappa shape index (κ1) is 17.0. The molecule has 0 bridgehead atoms. The number of amides is 1. The molecule has 2 aliphatic carbocycles. The van der Waals surface area contributed by atoms with Crippen LogP contribution in [0.15, 0.2) is 12.4 Å². The van der Waals surface area contributed by atoms with Crippen molar-refractivity contribution in [2.24, 2.45) is 11.3 Å². The molecule has 7 heteroatoms. The van der Waals surface area contributed by atoms with Crippen molar-refractivity contribution in [3.8, 4) is 0 Å². The highest BCUT2D eigenvalue weighted by molar-refractivity contribution is 5.87. The summed E-state index contributed by atoms with van der Waals surface area (Å²) in [5, 5.41) is 9.65. The van der Waals surface area contributed by atoms with Crippen LogP contribution in [0.3, 0.4) is 0 Å². The van der Waals surface area contributed by atoms with E-state index >= 15 is 0 Å². The van der Waals surface area contributed by atoms with E-state index in [1.54, 1.807) is 11.2 Å². The first-order valence-electron chi connectivity index (χ1n) is 10.1. The van der Waals surface area contributed by atoms with Crippen molar-refractivity contribution in [1.29, 1.82) is 0 Å². The molecule has 1 atom stereocenters. The number of carbonyl (C=O) groups is 2. The molecule has 0 aromatic carbocycles. The first-order valence-corrected chi connectivity index (χ1v) is 10.1. The average molecular weight is 370 g/mol. The number of hydrogen-bond acceptors (Lipinski definition) is 5. The minimum atomic E-state index is -0.854. The van der Waals surface area contributed by atoms with Gasteiger partial charge in [-0.15, -0.1) is 0 Å². The van der Waals surface area contributed by atoms with Gasteiger partial charge in [0.2, 0.25) is 5.91 Å². The van der Waals surface area contributed by atoms with Gasteiger partial charge in [0.1, 0.15) is 18.2 Å². The van der Waals surface area contributed by atoms with Crippen LogP contribution in [0.25, 0.3) is 0 Å². The fourth-order valence-electron chi connectivity index (χ4n) is 4.78. The van der Waals surface area contributed by atoms with Crippen molar-refractivity contribution in [3.63, 3.8) is 0 Å². The molecule has 0 radical (unpaired) electrons. The van der Waals surface area contributed by atoms with Crippen LogP contribution in [0.1, 0.15) is 56.6 Å². The molecular weight excluding hydrogens is 344 g/mol. The lowest BCUT2D eigenvalue weighted by Crippen LogP contribution is -2.43. The molecule has 1 spiro atoms. The molecule has 4 aliphatic rings. The number of carboxylic acid groups (broad SMARTS) is 1. The fraction of sp³-hybridized carbons (Fsp3) is 0.700. The van der Waals surface area contributed by atoms with Crippen LogP contribution in [0.5, 0.6) is 0 Å². The van der Waals surface area contributed by atoms with Gasteiger partial charge < -0.3 is 14.9 Å². The highest BCUT2D eigenvalue weighted by Gasteiger charge is 2.51. The molecule has 27 heavy (non-hydrogen) atoms. The Balaban J connectivity index is 1.28. The standard InChI is InChI=1S/C20H26N4O3/c25-18(14-3-4-14)24-11-20(10-16(24)19(26)27)5-7-23(8-6-20)17-9-15(13-1-2-13)21-12-22-17/h9,12-14,16H,1-8,10-11H2,(H,26,27)/t16-/m0/s1. The predicted octanol–water partition coefficient (Wildman–Crippen LogP) is 2.04. The van der Waals surface area contributed by atoms with E-state index in [2.05, 4.69) is 20.9 Å². The number of carboxylic acids is 1. The van der Waals surface area contributed by atoms with Gasteiger partial charge in [-0.25, -0.2) is 14.8 Å². The Hall–Kier alpha value is -2.18. The lowest BCUT2D eigenvalue weighted by molar-refractivity contribution is -0.148. The van der Waals surface area contributed by atoms with E-state index in [9.17, 15) is 14.7 Å². The number of nitrogens with zero attached hydrogens (tertiary/aromatic N) is 4. The topological polar surface area (TPSA) is 86.6 Å². The summed E-state index contributed by atoms with van der Waals surface area (Å²) in [4.78, 5) is 37.2. The Labute approximate surface area is 158 Å². The van der Waals surface area contributed by atoms with Crippen molar-refractivity contribution in [2.45, 2.75) is 56.9 Å². The Morgan fingerprint density at radius 3 is 2.48 bits per heavy atom. The third kappa shape index (κ3) is 3.17. The predicted molar refractivity (Wildman–Crippen MR) is 98.4 cm³/mol. The quantitative estimate of drug-likeness (QED) is 0.873. The number of piperidine rings is 1. The zero-order valence-electron chi connectivity index (χ0n) is 15.5. The summed E-state index contributed by atoms with van der Waals surface area (Å²) in [6, 6.07) is 1.47. The summed E-state index contributed by atoms with van der Waals surface area (Å²) in [6.45, 7) is 2.32. The number of rotatable bonds is 4. The van der Waals surface area contributed by atoms with Crippen LogP contribution in [-0.4, -0.2) is 57.5 Å². The maximum Gasteiger partial charge on any atom is 0.326 e. The van der Waals surface area contributed by atoms with Crippen LogP contribution in [0.2, 0.25) is 0 Å². The number of likely N-dealkylation sites (tertiary alicyclic amines) is 1. The van der Waals surface area contributed by atoms with E-state index in [1.807, 2.05) is 0 Å². The minimum absolute atomic E-state index is 0.0591. The Morgan fingerprint density at radius 2 is 1.85 bits per heavy atom. The van der Waals surface area contributed by atoms with Gasteiger partial charge in [-0.1, -0.05) is 0 Å². The monoisotopic (exact) mass is 370 g/mol. The second kappa shape index (κ2) is 6.17. The van der Waals surface area contributed by atoms with E-state index in [4.69, 9.17) is 0 Å².